The Morgan fingerprint density at radius 1 is 1.00 bits per heavy atom. The first-order valence-corrected chi connectivity index (χ1v) is 7.25. The number of halogens is 1. The van der Waals surface area contributed by atoms with Gasteiger partial charge in [-0.25, -0.2) is 4.79 Å². The van der Waals surface area contributed by atoms with Gasteiger partial charge in [-0.15, -0.1) is 0 Å². The zero-order chi connectivity index (χ0) is 16.4. The molecule has 0 aliphatic heterocycles. The van der Waals surface area contributed by atoms with E-state index in [4.69, 9.17) is 16.3 Å². The van der Waals surface area contributed by atoms with Crippen LogP contribution in [0.1, 0.15) is 31.1 Å². The number of hydrogen-bond donors (Lipinski definition) is 0. The van der Waals surface area contributed by atoms with Gasteiger partial charge in [0.1, 0.15) is 6.61 Å². The van der Waals surface area contributed by atoms with Crippen molar-refractivity contribution in [3.63, 3.8) is 0 Å². The number of hydrogen-bond acceptors (Lipinski definition) is 4. The SMILES string of the molecule is O=C(OCC1=CC(=O)c2ccccc2C1=O)c1cccc(Cl)c1. The van der Waals surface area contributed by atoms with Gasteiger partial charge < -0.3 is 4.74 Å². The summed E-state index contributed by atoms with van der Waals surface area (Å²) in [6, 6.07) is 12.9. The average molecular weight is 327 g/mol. The Balaban J connectivity index is 1.75. The number of carbonyl (C=O) groups is 3. The van der Waals surface area contributed by atoms with Crippen molar-refractivity contribution in [3.05, 3.63) is 81.9 Å². The van der Waals surface area contributed by atoms with Gasteiger partial charge in [-0.3, -0.25) is 9.59 Å². The molecule has 0 radical (unpaired) electrons. The minimum absolute atomic E-state index is 0.157. The first-order chi connectivity index (χ1) is 11.1. The summed E-state index contributed by atoms with van der Waals surface area (Å²) < 4.78 is 5.12. The molecular formula is C18H11ClO4. The molecule has 0 saturated heterocycles. The molecule has 0 fully saturated rings. The van der Waals surface area contributed by atoms with Crippen LogP contribution in [0.15, 0.2) is 60.2 Å². The molecule has 2 aromatic carbocycles. The Kier molecular flexibility index (Phi) is 4.08. The fraction of sp³-hybridized carbons (Fsp3) is 0.0556. The van der Waals surface area contributed by atoms with Crippen LogP contribution in [0.2, 0.25) is 5.02 Å². The Labute approximate surface area is 137 Å². The zero-order valence-electron chi connectivity index (χ0n) is 11.9. The van der Waals surface area contributed by atoms with Gasteiger partial charge in [-0.1, -0.05) is 41.9 Å². The van der Waals surface area contributed by atoms with Gasteiger partial charge in [0.15, 0.2) is 11.6 Å². The van der Waals surface area contributed by atoms with Gasteiger partial charge in [-0.2, -0.15) is 0 Å². The maximum Gasteiger partial charge on any atom is 0.338 e. The van der Waals surface area contributed by atoms with Gasteiger partial charge in [0.2, 0.25) is 0 Å². The lowest BCUT2D eigenvalue weighted by Crippen LogP contribution is -2.21. The molecule has 5 heteroatoms. The van der Waals surface area contributed by atoms with Crippen LogP contribution in [-0.4, -0.2) is 24.1 Å². The molecule has 1 aliphatic rings. The van der Waals surface area contributed by atoms with Crippen LogP contribution in [0.25, 0.3) is 0 Å². The van der Waals surface area contributed by atoms with E-state index in [0.29, 0.717) is 16.1 Å². The minimum Gasteiger partial charge on any atom is -0.457 e. The van der Waals surface area contributed by atoms with Crippen LogP contribution >= 0.6 is 11.6 Å². The number of Topliss-reactive ketones (excluding diaryl/α,β-unsaturated/α-hetero) is 1. The van der Waals surface area contributed by atoms with E-state index in [9.17, 15) is 14.4 Å². The second-order valence-corrected chi connectivity index (χ2v) is 5.43. The van der Waals surface area contributed by atoms with Crippen molar-refractivity contribution in [1.82, 2.24) is 0 Å². The predicted octanol–water partition coefficient (Wildman–Crippen LogP) is 3.50. The lowest BCUT2D eigenvalue weighted by molar-refractivity contribution is 0.0535. The Morgan fingerprint density at radius 2 is 1.74 bits per heavy atom. The third-order valence-corrected chi connectivity index (χ3v) is 3.69. The smallest absolute Gasteiger partial charge is 0.338 e. The topological polar surface area (TPSA) is 60.4 Å². The van der Waals surface area contributed by atoms with E-state index in [2.05, 4.69) is 0 Å². The van der Waals surface area contributed by atoms with E-state index in [1.165, 1.54) is 12.1 Å². The van der Waals surface area contributed by atoms with E-state index in [1.807, 2.05) is 0 Å². The molecule has 0 aromatic heterocycles. The summed E-state index contributed by atoms with van der Waals surface area (Å²) in [5.41, 5.74) is 1.13. The number of carbonyl (C=O) groups excluding carboxylic acids is 3. The first-order valence-electron chi connectivity index (χ1n) is 6.87. The summed E-state index contributed by atoms with van der Waals surface area (Å²) in [4.78, 5) is 36.3. The summed E-state index contributed by atoms with van der Waals surface area (Å²) in [7, 11) is 0. The van der Waals surface area contributed by atoms with Crippen molar-refractivity contribution >= 4 is 29.1 Å². The second-order valence-electron chi connectivity index (χ2n) is 5.00. The fourth-order valence-corrected chi connectivity index (χ4v) is 2.51. The molecule has 0 spiro atoms. The predicted molar refractivity (Wildman–Crippen MR) is 84.9 cm³/mol. The number of benzene rings is 2. The van der Waals surface area contributed by atoms with E-state index >= 15 is 0 Å². The number of ketones is 2. The molecule has 114 valence electrons. The second kappa shape index (κ2) is 6.18. The van der Waals surface area contributed by atoms with E-state index in [-0.39, 0.29) is 29.3 Å². The van der Waals surface area contributed by atoms with E-state index < -0.39 is 5.97 Å². The molecule has 0 N–H and O–H groups in total. The minimum atomic E-state index is -0.604. The van der Waals surface area contributed by atoms with Crippen LogP contribution in [0.5, 0.6) is 0 Å². The van der Waals surface area contributed by atoms with Crippen LogP contribution in [0.3, 0.4) is 0 Å². The van der Waals surface area contributed by atoms with Crippen molar-refractivity contribution < 1.29 is 19.1 Å². The van der Waals surface area contributed by atoms with Crippen molar-refractivity contribution in [3.8, 4) is 0 Å². The third kappa shape index (κ3) is 3.07. The molecule has 1 aliphatic carbocycles. The highest BCUT2D eigenvalue weighted by Gasteiger charge is 2.25. The van der Waals surface area contributed by atoms with Gasteiger partial charge in [0, 0.05) is 21.7 Å². The molecule has 4 nitrogen and oxygen atoms in total. The van der Waals surface area contributed by atoms with E-state index in [1.54, 1.807) is 42.5 Å². The summed E-state index contributed by atoms with van der Waals surface area (Å²) >= 11 is 5.82. The molecule has 23 heavy (non-hydrogen) atoms. The maximum atomic E-state index is 12.3. The average Bonchev–Trinajstić information content (AvgIpc) is 2.56. The highest BCUT2D eigenvalue weighted by molar-refractivity contribution is 6.31. The molecule has 3 rings (SSSR count). The normalized spacial score (nSPS) is 13.3. The Hall–Kier alpha value is -2.72. The number of allylic oxidation sites excluding steroid dienone is 1. The van der Waals surface area contributed by atoms with Gasteiger partial charge >= 0.3 is 5.97 Å². The highest BCUT2D eigenvalue weighted by atomic mass is 35.5. The zero-order valence-corrected chi connectivity index (χ0v) is 12.7. The van der Waals surface area contributed by atoms with Crippen molar-refractivity contribution in [2.24, 2.45) is 0 Å². The van der Waals surface area contributed by atoms with E-state index in [0.717, 1.165) is 0 Å². The summed E-state index contributed by atoms with van der Waals surface area (Å²) in [5, 5.41) is 0.413. The number of esters is 1. The van der Waals surface area contributed by atoms with Crippen LogP contribution in [0.4, 0.5) is 0 Å². The molecule has 0 heterocycles. The molecular weight excluding hydrogens is 316 g/mol. The molecule has 0 unspecified atom stereocenters. The van der Waals surface area contributed by atoms with Crippen LogP contribution in [0, 0.1) is 0 Å². The first kappa shape index (κ1) is 15.2. The number of ether oxygens (including phenoxy) is 1. The third-order valence-electron chi connectivity index (χ3n) is 3.45. The van der Waals surface area contributed by atoms with Crippen LogP contribution < -0.4 is 0 Å². The maximum absolute atomic E-state index is 12.3. The van der Waals surface area contributed by atoms with Gasteiger partial charge in [-0.05, 0) is 24.3 Å². The fourth-order valence-electron chi connectivity index (χ4n) is 2.32. The Morgan fingerprint density at radius 3 is 2.48 bits per heavy atom. The molecule has 0 atom stereocenters. The summed E-state index contributed by atoms with van der Waals surface area (Å²) in [5.74, 6) is -1.18. The van der Waals surface area contributed by atoms with Gasteiger partial charge in [0.05, 0.1) is 5.56 Å². The molecule has 0 bridgehead atoms. The summed E-state index contributed by atoms with van der Waals surface area (Å²) in [6.45, 7) is -0.260. The molecule has 0 amide bonds. The molecule has 2 aromatic rings. The molecule has 0 saturated carbocycles. The van der Waals surface area contributed by atoms with Crippen molar-refractivity contribution in [2.75, 3.05) is 6.61 Å². The lowest BCUT2D eigenvalue weighted by Gasteiger charge is -2.15. The number of rotatable bonds is 3. The largest absolute Gasteiger partial charge is 0.457 e. The number of fused-ring (bicyclic) bond motifs is 1. The quantitative estimate of drug-likeness (QED) is 0.810. The highest BCUT2D eigenvalue weighted by Crippen LogP contribution is 2.21. The summed E-state index contributed by atoms with van der Waals surface area (Å²) in [6.07, 6.45) is 1.22. The van der Waals surface area contributed by atoms with Crippen molar-refractivity contribution in [2.45, 2.75) is 0 Å². The lowest BCUT2D eigenvalue weighted by atomic mass is 9.90. The monoisotopic (exact) mass is 326 g/mol. The Bertz CT molecular complexity index is 852. The van der Waals surface area contributed by atoms with Gasteiger partial charge in [0.25, 0.3) is 0 Å². The van der Waals surface area contributed by atoms with Crippen LogP contribution in [-0.2, 0) is 4.74 Å². The van der Waals surface area contributed by atoms with Crippen molar-refractivity contribution in [1.29, 1.82) is 0 Å². The standard InChI is InChI=1S/C18H11ClO4/c19-13-5-3-4-11(8-13)18(22)23-10-12-9-16(20)14-6-1-2-7-15(14)17(12)21/h1-9H,10H2.